The first-order chi connectivity index (χ1) is 12.4. The highest BCUT2D eigenvalue weighted by molar-refractivity contribution is 6.06. The number of anilines is 1. The third kappa shape index (κ3) is 4.55. The molecule has 0 aliphatic carbocycles. The molecule has 0 radical (unpaired) electrons. The molecule has 2 unspecified atom stereocenters. The van der Waals surface area contributed by atoms with Crippen LogP contribution >= 0.6 is 0 Å². The van der Waals surface area contributed by atoms with Crippen LogP contribution in [0, 0.1) is 0 Å². The molecule has 1 amide bonds. The van der Waals surface area contributed by atoms with E-state index < -0.39 is 5.60 Å². The fourth-order valence-corrected chi connectivity index (χ4v) is 2.69. The van der Waals surface area contributed by atoms with Gasteiger partial charge in [0.05, 0.1) is 6.10 Å². The van der Waals surface area contributed by atoms with E-state index in [9.17, 15) is 4.79 Å². The molecule has 0 saturated heterocycles. The topological polar surface area (TPSA) is 47.6 Å². The van der Waals surface area contributed by atoms with Gasteiger partial charge in [0, 0.05) is 23.1 Å². The molecule has 1 N–H and O–H groups in total. The van der Waals surface area contributed by atoms with Gasteiger partial charge in [-0.05, 0) is 45.2 Å². The molecule has 0 aliphatic heterocycles. The molecule has 2 aromatic rings. The molecule has 4 nitrogen and oxygen atoms in total. The SMILES string of the molecule is CCCOC(C)(CC)C(=O)Nc1ccc(OC(C)CC)c2ccccc12. The van der Waals surface area contributed by atoms with Crippen molar-refractivity contribution in [1.29, 1.82) is 0 Å². The normalized spacial score (nSPS) is 14.7. The van der Waals surface area contributed by atoms with Gasteiger partial charge in [0.1, 0.15) is 11.4 Å². The number of fused-ring (bicyclic) bond motifs is 1. The van der Waals surface area contributed by atoms with Crippen molar-refractivity contribution in [2.24, 2.45) is 0 Å². The standard InChI is InChI=1S/C22H31NO3/c1-6-15-25-22(5,8-3)21(24)23-19-13-14-20(26-16(4)7-2)18-12-10-9-11-17(18)19/h9-14,16H,6-8,15H2,1-5H3,(H,23,24). The molecular formula is C22H31NO3. The molecule has 4 heteroatoms. The maximum absolute atomic E-state index is 12.9. The largest absolute Gasteiger partial charge is 0.490 e. The number of ether oxygens (including phenoxy) is 2. The molecule has 0 fully saturated rings. The smallest absolute Gasteiger partial charge is 0.256 e. The highest BCUT2D eigenvalue weighted by Gasteiger charge is 2.32. The third-order valence-corrected chi connectivity index (χ3v) is 4.82. The van der Waals surface area contributed by atoms with Gasteiger partial charge in [-0.25, -0.2) is 0 Å². The van der Waals surface area contributed by atoms with Crippen LogP contribution in [0.4, 0.5) is 5.69 Å². The number of nitrogens with one attached hydrogen (secondary N) is 1. The summed E-state index contributed by atoms with van der Waals surface area (Å²) in [6.07, 6.45) is 2.58. The molecule has 0 spiro atoms. The molecule has 0 saturated carbocycles. The average Bonchev–Trinajstić information content (AvgIpc) is 2.67. The van der Waals surface area contributed by atoms with Gasteiger partial charge in [-0.2, -0.15) is 0 Å². The van der Waals surface area contributed by atoms with Crippen LogP contribution < -0.4 is 10.1 Å². The van der Waals surface area contributed by atoms with E-state index in [0.29, 0.717) is 13.0 Å². The lowest BCUT2D eigenvalue weighted by Gasteiger charge is -2.27. The van der Waals surface area contributed by atoms with Gasteiger partial charge < -0.3 is 14.8 Å². The minimum Gasteiger partial charge on any atom is -0.490 e. The van der Waals surface area contributed by atoms with Crippen molar-refractivity contribution in [2.75, 3.05) is 11.9 Å². The minimum atomic E-state index is -0.830. The summed E-state index contributed by atoms with van der Waals surface area (Å²) in [5, 5.41) is 5.03. The number of benzene rings is 2. The van der Waals surface area contributed by atoms with Crippen molar-refractivity contribution >= 4 is 22.4 Å². The van der Waals surface area contributed by atoms with Crippen LogP contribution in [0.3, 0.4) is 0 Å². The van der Waals surface area contributed by atoms with Crippen LogP contribution in [-0.4, -0.2) is 24.2 Å². The van der Waals surface area contributed by atoms with E-state index in [1.165, 1.54) is 0 Å². The number of amides is 1. The van der Waals surface area contributed by atoms with Gasteiger partial charge in [0.2, 0.25) is 0 Å². The van der Waals surface area contributed by atoms with Crippen LogP contribution in [0.1, 0.15) is 53.9 Å². The Morgan fingerprint density at radius 1 is 1.12 bits per heavy atom. The maximum Gasteiger partial charge on any atom is 0.256 e. The first-order valence-corrected chi connectivity index (χ1v) is 9.59. The fourth-order valence-electron chi connectivity index (χ4n) is 2.69. The molecule has 142 valence electrons. The van der Waals surface area contributed by atoms with Crippen LogP contribution in [0.2, 0.25) is 0 Å². The average molecular weight is 357 g/mol. The van der Waals surface area contributed by atoms with Gasteiger partial charge in [0.25, 0.3) is 5.91 Å². The van der Waals surface area contributed by atoms with Crippen molar-refractivity contribution in [3.8, 4) is 5.75 Å². The summed E-state index contributed by atoms with van der Waals surface area (Å²) >= 11 is 0. The summed E-state index contributed by atoms with van der Waals surface area (Å²) < 4.78 is 11.9. The Morgan fingerprint density at radius 2 is 1.81 bits per heavy atom. The summed E-state index contributed by atoms with van der Waals surface area (Å²) in [6.45, 7) is 10.6. The van der Waals surface area contributed by atoms with E-state index in [4.69, 9.17) is 9.47 Å². The van der Waals surface area contributed by atoms with E-state index >= 15 is 0 Å². The van der Waals surface area contributed by atoms with Crippen LogP contribution in [0.25, 0.3) is 10.8 Å². The number of carbonyl (C=O) groups excluding carboxylic acids is 1. The molecular weight excluding hydrogens is 326 g/mol. The number of carbonyl (C=O) groups is 1. The van der Waals surface area contributed by atoms with Gasteiger partial charge in [-0.3, -0.25) is 4.79 Å². The van der Waals surface area contributed by atoms with E-state index in [1.807, 2.05) is 57.2 Å². The number of hydrogen-bond donors (Lipinski definition) is 1. The third-order valence-electron chi connectivity index (χ3n) is 4.82. The van der Waals surface area contributed by atoms with Gasteiger partial charge in [0.15, 0.2) is 0 Å². The fraction of sp³-hybridized carbons (Fsp3) is 0.500. The van der Waals surface area contributed by atoms with E-state index in [1.54, 1.807) is 0 Å². The molecule has 2 rings (SSSR count). The van der Waals surface area contributed by atoms with E-state index in [2.05, 4.69) is 19.2 Å². The molecule has 0 aliphatic rings. The van der Waals surface area contributed by atoms with Gasteiger partial charge in [-0.1, -0.05) is 45.0 Å². The predicted molar refractivity (Wildman–Crippen MR) is 108 cm³/mol. The lowest BCUT2D eigenvalue weighted by Crippen LogP contribution is -2.42. The summed E-state index contributed by atoms with van der Waals surface area (Å²) in [5.41, 5.74) is -0.0508. The van der Waals surface area contributed by atoms with Crippen molar-refractivity contribution in [3.63, 3.8) is 0 Å². The Balaban J connectivity index is 2.33. The first-order valence-electron chi connectivity index (χ1n) is 9.59. The molecule has 2 atom stereocenters. The zero-order valence-corrected chi connectivity index (χ0v) is 16.6. The second kappa shape index (κ2) is 9.04. The number of hydrogen-bond acceptors (Lipinski definition) is 3. The second-order valence-electron chi connectivity index (χ2n) is 6.88. The van der Waals surface area contributed by atoms with Crippen molar-refractivity contribution in [3.05, 3.63) is 36.4 Å². The van der Waals surface area contributed by atoms with Crippen LogP contribution in [0.15, 0.2) is 36.4 Å². The second-order valence-corrected chi connectivity index (χ2v) is 6.88. The highest BCUT2D eigenvalue weighted by atomic mass is 16.5. The Labute approximate surface area is 156 Å². The van der Waals surface area contributed by atoms with Crippen LogP contribution in [0.5, 0.6) is 5.75 Å². The molecule has 0 aromatic heterocycles. The molecule has 26 heavy (non-hydrogen) atoms. The first kappa shape index (κ1) is 20.2. The van der Waals surface area contributed by atoms with Crippen molar-refractivity contribution < 1.29 is 14.3 Å². The Kier molecular flexibility index (Phi) is 7.04. The predicted octanol–water partition coefficient (Wildman–Crippen LogP) is 5.55. The van der Waals surface area contributed by atoms with Crippen molar-refractivity contribution in [2.45, 2.75) is 65.6 Å². The van der Waals surface area contributed by atoms with E-state index in [-0.39, 0.29) is 12.0 Å². The monoisotopic (exact) mass is 357 g/mol. The minimum absolute atomic E-state index is 0.116. The molecule has 0 heterocycles. The van der Waals surface area contributed by atoms with Crippen molar-refractivity contribution in [1.82, 2.24) is 0 Å². The zero-order valence-electron chi connectivity index (χ0n) is 16.6. The lowest BCUT2D eigenvalue weighted by atomic mass is 10.0. The maximum atomic E-state index is 12.9. The number of rotatable bonds is 9. The molecule has 2 aromatic carbocycles. The summed E-state index contributed by atoms with van der Waals surface area (Å²) in [7, 11) is 0. The molecule has 0 bridgehead atoms. The zero-order chi connectivity index (χ0) is 19.2. The van der Waals surface area contributed by atoms with E-state index in [0.717, 1.165) is 35.1 Å². The Bertz CT molecular complexity index is 743. The summed E-state index contributed by atoms with van der Waals surface area (Å²) in [4.78, 5) is 12.9. The highest BCUT2D eigenvalue weighted by Crippen LogP contribution is 2.33. The summed E-state index contributed by atoms with van der Waals surface area (Å²) in [5.74, 6) is 0.725. The quantitative estimate of drug-likeness (QED) is 0.640. The Hall–Kier alpha value is -2.07. The summed E-state index contributed by atoms with van der Waals surface area (Å²) in [6, 6.07) is 11.8. The van der Waals surface area contributed by atoms with Gasteiger partial charge >= 0.3 is 0 Å². The van der Waals surface area contributed by atoms with Gasteiger partial charge in [-0.15, -0.1) is 0 Å². The lowest BCUT2D eigenvalue weighted by molar-refractivity contribution is -0.139. The van der Waals surface area contributed by atoms with Crippen LogP contribution in [-0.2, 0) is 9.53 Å². The Morgan fingerprint density at radius 3 is 2.42 bits per heavy atom.